The maximum absolute atomic E-state index is 12.6. The zero-order chi connectivity index (χ0) is 20.1. The van der Waals surface area contributed by atoms with Crippen molar-refractivity contribution in [2.75, 3.05) is 19.8 Å². The lowest BCUT2D eigenvalue weighted by atomic mass is 9.67. The van der Waals surface area contributed by atoms with Gasteiger partial charge in [-0.2, -0.15) is 0 Å². The molecule has 25 heavy (non-hydrogen) atoms. The molecule has 0 bridgehead atoms. The summed E-state index contributed by atoms with van der Waals surface area (Å²) in [6.07, 6.45) is 0.946. The number of hydrogen-bond acceptors (Lipinski definition) is 4. The summed E-state index contributed by atoms with van der Waals surface area (Å²) in [4.78, 5) is 12.6. The molecule has 0 aromatic rings. The molecule has 4 heteroatoms. The second-order valence-corrected chi connectivity index (χ2v) is 10.3. The Bertz CT molecular complexity index is 397. The zero-order valence-electron chi connectivity index (χ0n) is 18.5. The first kappa shape index (κ1) is 24.4. The molecule has 0 aliphatic rings. The standard InChI is InChI=1S/C21H42O4/c1-12-20(8,9)25-15-21(10,11)24-14-13-23-17(22)16(18(2,3)4)19(5,6)7/h16H,12-15H2,1-11H3. The maximum atomic E-state index is 12.6. The van der Waals surface area contributed by atoms with Crippen molar-refractivity contribution in [3.8, 4) is 0 Å². The van der Waals surface area contributed by atoms with E-state index in [1.165, 1.54) is 0 Å². The van der Waals surface area contributed by atoms with Gasteiger partial charge in [-0.3, -0.25) is 4.79 Å². The van der Waals surface area contributed by atoms with Crippen LogP contribution >= 0.6 is 0 Å². The van der Waals surface area contributed by atoms with Gasteiger partial charge in [-0.25, -0.2) is 0 Å². The Kier molecular flexibility index (Phi) is 8.64. The van der Waals surface area contributed by atoms with E-state index < -0.39 is 5.60 Å². The highest BCUT2D eigenvalue weighted by Gasteiger charge is 2.41. The molecule has 0 spiro atoms. The van der Waals surface area contributed by atoms with Gasteiger partial charge in [0, 0.05) is 0 Å². The van der Waals surface area contributed by atoms with E-state index in [0.29, 0.717) is 13.2 Å². The second-order valence-electron chi connectivity index (χ2n) is 10.3. The molecule has 0 amide bonds. The molecule has 0 heterocycles. The summed E-state index contributed by atoms with van der Waals surface area (Å²) in [5, 5.41) is 0. The van der Waals surface area contributed by atoms with Crippen LogP contribution in [0.5, 0.6) is 0 Å². The summed E-state index contributed by atoms with van der Waals surface area (Å²) in [5.74, 6) is -0.313. The number of hydrogen-bond donors (Lipinski definition) is 0. The van der Waals surface area contributed by atoms with Crippen molar-refractivity contribution in [1.29, 1.82) is 0 Å². The van der Waals surface area contributed by atoms with Gasteiger partial charge in [0.1, 0.15) is 6.61 Å². The molecule has 0 saturated carbocycles. The van der Waals surface area contributed by atoms with Crippen LogP contribution in [0.3, 0.4) is 0 Å². The Morgan fingerprint density at radius 1 is 0.760 bits per heavy atom. The molecule has 4 nitrogen and oxygen atoms in total. The molecule has 0 radical (unpaired) electrons. The second kappa shape index (κ2) is 8.85. The van der Waals surface area contributed by atoms with Crippen LogP contribution in [-0.2, 0) is 19.0 Å². The van der Waals surface area contributed by atoms with Gasteiger partial charge in [-0.15, -0.1) is 0 Å². The summed E-state index contributed by atoms with van der Waals surface area (Å²) >= 11 is 0. The molecular formula is C21H42O4. The van der Waals surface area contributed by atoms with Crippen molar-refractivity contribution in [3.05, 3.63) is 0 Å². The number of ether oxygens (including phenoxy) is 3. The molecule has 0 aromatic heterocycles. The summed E-state index contributed by atoms with van der Waals surface area (Å²) < 4.78 is 17.3. The molecule has 0 aromatic carbocycles. The van der Waals surface area contributed by atoms with Gasteiger partial charge >= 0.3 is 5.97 Å². The minimum atomic E-state index is -0.410. The number of esters is 1. The lowest BCUT2D eigenvalue weighted by Crippen LogP contribution is -2.41. The monoisotopic (exact) mass is 358 g/mol. The predicted octanol–water partition coefficient (Wildman–Crippen LogP) is 5.24. The molecule has 0 unspecified atom stereocenters. The lowest BCUT2D eigenvalue weighted by molar-refractivity contribution is -0.164. The fourth-order valence-electron chi connectivity index (χ4n) is 3.06. The molecule has 0 saturated heterocycles. The SMILES string of the molecule is CCC(C)(C)OCC(C)(C)OCCOC(=O)C(C(C)(C)C)C(C)(C)C. The summed E-state index contributed by atoms with van der Waals surface area (Å²) in [7, 11) is 0. The quantitative estimate of drug-likeness (QED) is 0.418. The molecule has 0 N–H and O–H groups in total. The Morgan fingerprint density at radius 3 is 1.64 bits per heavy atom. The van der Waals surface area contributed by atoms with E-state index in [0.717, 1.165) is 6.42 Å². The van der Waals surface area contributed by atoms with Crippen LogP contribution in [0.1, 0.15) is 82.6 Å². The van der Waals surface area contributed by atoms with Crippen LogP contribution in [0.4, 0.5) is 0 Å². The van der Waals surface area contributed by atoms with Crippen LogP contribution < -0.4 is 0 Å². The average molecular weight is 359 g/mol. The van der Waals surface area contributed by atoms with E-state index >= 15 is 0 Å². The first-order valence-electron chi connectivity index (χ1n) is 9.46. The highest BCUT2D eigenvalue weighted by molar-refractivity contribution is 5.74. The molecule has 150 valence electrons. The third-order valence-electron chi connectivity index (χ3n) is 4.45. The fraction of sp³-hybridized carbons (Fsp3) is 0.952. The van der Waals surface area contributed by atoms with E-state index in [1.807, 2.05) is 13.8 Å². The normalized spacial score (nSPS) is 14.1. The van der Waals surface area contributed by atoms with Crippen molar-refractivity contribution in [2.45, 2.75) is 93.8 Å². The van der Waals surface area contributed by atoms with Crippen LogP contribution in [0.25, 0.3) is 0 Å². The van der Waals surface area contributed by atoms with Gasteiger partial charge in [-0.05, 0) is 44.9 Å². The largest absolute Gasteiger partial charge is 0.463 e. The highest BCUT2D eigenvalue weighted by Crippen LogP contribution is 2.40. The summed E-state index contributed by atoms with van der Waals surface area (Å²) in [6.45, 7) is 23.9. The molecule has 0 aliphatic carbocycles. The van der Waals surface area contributed by atoms with Gasteiger partial charge in [0.05, 0.1) is 30.3 Å². The minimum absolute atomic E-state index is 0.144. The Morgan fingerprint density at radius 2 is 1.24 bits per heavy atom. The molecule has 0 fully saturated rings. The van der Waals surface area contributed by atoms with Crippen LogP contribution in [0, 0.1) is 16.7 Å². The zero-order valence-corrected chi connectivity index (χ0v) is 18.5. The van der Waals surface area contributed by atoms with Crippen molar-refractivity contribution in [3.63, 3.8) is 0 Å². The predicted molar refractivity (Wildman–Crippen MR) is 104 cm³/mol. The lowest BCUT2D eigenvalue weighted by Gasteiger charge is -2.38. The first-order valence-corrected chi connectivity index (χ1v) is 9.46. The smallest absolute Gasteiger partial charge is 0.310 e. The van der Waals surface area contributed by atoms with Crippen LogP contribution in [0.2, 0.25) is 0 Å². The minimum Gasteiger partial charge on any atom is -0.463 e. The molecular weight excluding hydrogens is 316 g/mol. The van der Waals surface area contributed by atoms with Crippen molar-refractivity contribution in [1.82, 2.24) is 0 Å². The maximum Gasteiger partial charge on any atom is 0.310 e. The topological polar surface area (TPSA) is 44.8 Å². The van der Waals surface area contributed by atoms with Crippen molar-refractivity contribution >= 4 is 5.97 Å². The van der Waals surface area contributed by atoms with Crippen molar-refractivity contribution < 1.29 is 19.0 Å². The number of carbonyl (C=O) groups excluding carboxylic acids is 1. The van der Waals surface area contributed by atoms with E-state index in [-0.39, 0.29) is 34.9 Å². The number of carbonyl (C=O) groups is 1. The third-order valence-corrected chi connectivity index (χ3v) is 4.45. The molecule has 0 rings (SSSR count). The van der Waals surface area contributed by atoms with E-state index in [4.69, 9.17) is 14.2 Å². The summed E-state index contributed by atoms with van der Waals surface area (Å²) in [6, 6.07) is 0. The molecule has 0 aliphatic heterocycles. The van der Waals surface area contributed by atoms with E-state index in [9.17, 15) is 4.79 Å². The van der Waals surface area contributed by atoms with Gasteiger partial charge in [0.2, 0.25) is 0 Å². The van der Waals surface area contributed by atoms with Gasteiger partial charge in [-0.1, -0.05) is 48.5 Å². The fourth-order valence-corrected chi connectivity index (χ4v) is 3.06. The van der Waals surface area contributed by atoms with E-state index in [1.54, 1.807) is 0 Å². The Hall–Kier alpha value is -0.610. The highest BCUT2D eigenvalue weighted by atomic mass is 16.6. The van der Waals surface area contributed by atoms with Crippen LogP contribution in [-0.4, -0.2) is 37.0 Å². The van der Waals surface area contributed by atoms with Gasteiger partial charge in [0.15, 0.2) is 0 Å². The van der Waals surface area contributed by atoms with E-state index in [2.05, 4.69) is 62.3 Å². The van der Waals surface area contributed by atoms with Gasteiger partial charge in [0.25, 0.3) is 0 Å². The first-order chi connectivity index (χ1) is 11.0. The van der Waals surface area contributed by atoms with Crippen molar-refractivity contribution in [2.24, 2.45) is 16.7 Å². The summed E-state index contributed by atoms with van der Waals surface area (Å²) in [5.41, 5.74) is -0.851. The Balaban J connectivity index is 4.45. The molecule has 0 atom stereocenters. The Labute approximate surface area is 156 Å². The van der Waals surface area contributed by atoms with Gasteiger partial charge < -0.3 is 14.2 Å². The number of rotatable bonds is 9. The third kappa shape index (κ3) is 9.60. The average Bonchev–Trinajstić information content (AvgIpc) is 2.38. The van der Waals surface area contributed by atoms with Crippen LogP contribution in [0.15, 0.2) is 0 Å².